The van der Waals surface area contributed by atoms with Crippen molar-refractivity contribution in [3.05, 3.63) is 65.7 Å². The molecule has 6 rings (SSSR count). The van der Waals surface area contributed by atoms with Crippen LogP contribution >= 0.6 is 0 Å². The summed E-state index contributed by atoms with van der Waals surface area (Å²) >= 11 is 0. The number of nitriles is 1. The van der Waals surface area contributed by atoms with Gasteiger partial charge < -0.3 is 15.5 Å². The Morgan fingerprint density at radius 1 is 0.972 bits per heavy atom. The highest BCUT2D eigenvalue weighted by atomic mass is 19.1. The molecule has 3 aliphatic carbocycles. The molecule has 3 saturated carbocycles. The van der Waals surface area contributed by atoms with Gasteiger partial charge in [-0.25, -0.2) is 4.39 Å². The summed E-state index contributed by atoms with van der Waals surface area (Å²) in [7, 11) is 0. The number of benzene rings is 2. The lowest BCUT2D eigenvalue weighted by molar-refractivity contribution is -0.135. The number of alkyl halides is 1. The van der Waals surface area contributed by atoms with Crippen molar-refractivity contribution in [3.8, 4) is 6.07 Å². The monoisotopic (exact) mass is 488 g/mol. The number of hydrogen-bond acceptors (Lipinski definition) is 4. The maximum Gasteiger partial charge on any atom is 0.237 e. The van der Waals surface area contributed by atoms with Gasteiger partial charge in [-0.3, -0.25) is 9.59 Å². The summed E-state index contributed by atoms with van der Waals surface area (Å²) < 4.78 is 13.7. The number of anilines is 1. The molecule has 2 amide bonds. The van der Waals surface area contributed by atoms with Crippen LogP contribution in [0.4, 0.5) is 10.1 Å². The van der Waals surface area contributed by atoms with Crippen molar-refractivity contribution < 1.29 is 14.0 Å². The SMILES string of the molecule is N#CC1CC(F)CN1C(=O)CNC12CCC(C(=O)Nc3ccc(Cc4ccccc4)cc3)(CC1)CC2. The zero-order valence-corrected chi connectivity index (χ0v) is 20.5. The Hall–Kier alpha value is -3.24. The van der Waals surface area contributed by atoms with Crippen LogP contribution in [0.3, 0.4) is 0 Å². The first kappa shape index (κ1) is 24.5. The van der Waals surface area contributed by atoms with Crippen LogP contribution in [0.15, 0.2) is 54.6 Å². The highest BCUT2D eigenvalue weighted by molar-refractivity contribution is 5.95. The summed E-state index contributed by atoms with van der Waals surface area (Å²) in [4.78, 5) is 27.3. The lowest BCUT2D eigenvalue weighted by Crippen LogP contribution is -2.59. The average Bonchev–Trinajstić information content (AvgIpc) is 3.31. The van der Waals surface area contributed by atoms with Crippen LogP contribution in [0.2, 0.25) is 0 Å². The third kappa shape index (κ3) is 5.01. The van der Waals surface area contributed by atoms with Gasteiger partial charge in [0, 0.05) is 23.1 Å². The van der Waals surface area contributed by atoms with Crippen molar-refractivity contribution in [3.63, 3.8) is 0 Å². The fourth-order valence-corrected chi connectivity index (χ4v) is 6.14. The number of carbonyl (C=O) groups excluding carboxylic acids is 2. The van der Waals surface area contributed by atoms with Crippen LogP contribution < -0.4 is 10.6 Å². The van der Waals surface area contributed by atoms with Crippen LogP contribution in [0.25, 0.3) is 0 Å². The summed E-state index contributed by atoms with van der Waals surface area (Å²) in [6.45, 7) is 0.113. The van der Waals surface area contributed by atoms with E-state index in [1.165, 1.54) is 16.0 Å². The standard InChI is InChI=1S/C29H33FN4O2/c30-23-17-25(18-31)34(20-23)26(35)19-32-29-13-10-28(11-14-29,12-15-29)27(36)33-24-8-6-22(7-9-24)16-21-4-2-1-3-5-21/h1-9,23,25,32H,10-17,19-20H2,(H,33,36). The molecule has 0 aromatic heterocycles. The van der Waals surface area contributed by atoms with Crippen molar-refractivity contribution in [2.45, 2.75) is 69.1 Å². The van der Waals surface area contributed by atoms with E-state index in [2.05, 4.69) is 34.9 Å². The summed E-state index contributed by atoms with van der Waals surface area (Å²) in [5.41, 5.74) is 2.76. The van der Waals surface area contributed by atoms with Crippen LogP contribution in [0, 0.1) is 16.7 Å². The minimum absolute atomic E-state index is 0.00224. The lowest BCUT2D eigenvalue weighted by Gasteiger charge is -2.52. The Bertz CT molecular complexity index is 1120. The van der Waals surface area contributed by atoms with Gasteiger partial charge in [0.05, 0.1) is 19.2 Å². The molecule has 2 unspecified atom stereocenters. The number of fused-ring (bicyclic) bond motifs is 3. The van der Waals surface area contributed by atoms with Gasteiger partial charge in [-0.2, -0.15) is 5.26 Å². The molecule has 2 aromatic rings. The minimum Gasteiger partial charge on any atom is -0.326 e. The second-order valence-electron chi connectivity index (χ2n) is 10.8. The largest absolute Gasteiger partial charge is 0.326 e. The third-order valence-corrected chi connectivity index (χ3v) is 8.52. The summed E-state index contributed by atoms with van der Waals surface area (Å²) in [5, 5.41) is 15.8. The maximum atomic E-state index is 13.7. The molecule has 1 heterocycles. The van der Waals surface area contributed by atoms with Gasteiger partial charge in [0.1, 0.15) is 12.2 Å². The molecule has 36 heavy (non-hydrogen) atoms. The topological polar surface area (TPSA) is 85.2 Å². The molecule has 2 aromatic carbocycles. The second-order valence-corrected chi connectivity index (χ2v) is 10.8. The molecule has 0 radical (unpaired) electrons. The van der Waals surface area contributed by atoms with Gasteiger partial charge in [-0.1, -0.05) is 42.5 Å². The van der Waals surface area contributed by atoms with Crippen LogP contribution in [-0.4, -0.2) is 47.6 Å². The molecule has 0 spiro atoms. The third-order valence-electron chi connectivity index (χ3n) is 8.52. The molecule has 6 nitrogen and oxygen atoms in total. The van der Waals surface area contributed by atoms with E-state index in [4.69, 9.17) is 0 Å². The normalized spacial score (nSPS) is 29.1. The minimum atomic E-state index is -1.12. The summed E-state index contributed by atoms with van der Waals surface area (Å²) in [5.74, 6) is -0.127. The van der Waals surface area contributed by atoms with Gasteiger partial charge in [-0.15, -0.1) is 0 Å². The molecule has 1 aliphatic heterocycles. The first-order chi connectivity index (χ1) is 17.4. The van der Waals surface area contributed by atoms with Crippen molar-refractivity contribution in [1.29, 1.82) is 5.26 Å². The van der Waals surface area contributed by atoms with Crippen LogP contribution in [0.5, 0.6) is 0 Å². The molecule has 2 bridgehead atoms. The number of carbonyl (C=O) groups is 2. The van der Waals surface area contributed by atoms with E-state index in [0.29, 0.717) is 0 Å². The molecule has 2 N–H and O–H groups in total. The Morgan fingerprint density at radius 2 is 1.61 bits per heavy atom. The Labute approximate surface area is 211 Å². The van der Waals surface area contributed by atoms with Gasteiger partial charge >= 0.3 is 0 Å². The smallest absolute Gasteiger partial charge is 0.237 e. The van der Waals surface area contributed by atoms with Crippen molar-refractivity contribution >= 4 is 17.5 Å². The summed E-state index contributed by atoms with van der Waals surface area (Å²) in [6, 6.07) is 19.8. The van der Waals surface area contributed by atoms with Crippen LogP contribution in [0.1, 0.15) is 56.1 Å². The van der Waals surface area contributed by atoms with E-state index in [1.54, 1.807) is 0 Å². The zero-order chi connectivity index (χ0) is 25.2. The van der Waals surface area contributed by atoms with E-state index in [1.807, 2.05) is 36.4 Å². The number of likely N-dealkylation sites (tertiary alicyclic amines) is 1. The first-order valence-electron chi connectivity index (χ1n) is 12.9. The fourth-order valence-electron chi connectivity index (χ4n) is 6.14. The molecular weight excluding hydrogens is 455 g/mol. The Balaban J connectivity index is 1.13. The van der Waals surface area contributed by atoms with E-state index in [-0.39, 0.29) is 42.3 Å². The zero-order valence-electron chi connectivity index (χ0n) is 20.5. The van der Waals surface area contributed by atoms with Gasteiger partial charge in [0.15, 0.2) is 0 Å². The molecule has 2 atom stereocenters. The van der Waals surface area contributed by atoms with Gasteiger partial charge in [-0.05, 0) is 68.2 Å². The molecule has 4 fully saturated rings. The molecular formula is C29H33FN4O2. The maximum absolute atomic E-state index is 13.7. The number of nitrogens with one attached hydrogen (secondary N) is 2. The number of nitrogens with zero attached hydrogens (tertiary/aromatic N) is 2. The van der Waals surface area contributed by atoms with Crippen molar-refractivity contribution in [2.75, 3.05) is 18.4 Å². The number of amides is 2. The molecule has 4 aliphatic rings. The van der Waals surface area contributed by atoms with E-state index < -0.39 is 12.2 Å². The number of rotatable bonds is 7. The van der Waals surface area contributed by atoms with Gasteiger partial charge in [0.2, 0.25) is 11.8 Å². The number of hydrogen-bond donors (Lipinski definition) is 2. The van der Waals surface area contributed by atoms with E-state index in [9.17, 15) is 19.2 Å². The second kappa shape index (κ2) is 10.0. The van der Waals surface area contributed by atoms with Gasteiger partial charge in [0.25, 0.3) is 0 Å². The Morgan fingerprint density at radius 3 is 2.25 bits per heavy atom. The highest BCUT2D eigenvalue weighted by Crippen LogP contribution is 2.52. The van der Waals surface area contributed by atoms with Crippen molar-refractivity contribution in [1.82, 2.24) is 10.2 Å². The first-order valence-corrected chi connectivity index (χ1v) is 12.9. The molecule has 1 saturated heterocycles. The average molecular weight is 489 g/mol. The molecule has 188 valence electrons. The predicted octanol–water partition coefficient (Wildman–Crippen LogP) is 4.36. The molecule has 7 heteroatoms. The quantitative estimate of drug-likeness (QED) is 0.607. The summed E-state index contributed by atoms with van der Waals surface area (Å²) in [6.07, 6.45) is 4.67. The fraction of sp³-hybridized carbons (Fsp3) is 0.483. The number of halogens is 1. The lowest BCUT2D eigenvalue weighted by atomic mass is 9.57. The predicted molar refractivity (Wildman–Crippen MR) is 136 cm³/mol. The van der Waals surface area contributed by atoms with E-state index >= 15 is 0 Å². The van der Waals surface area contributed by atoms with Crippen molar-refractivity contribution in [2.24, 2.45) is 5.41 Å². The van der Waals surface area contributed by atoms with E-state index in [0.717, 1.165) is 50.6 Å². The highest BCUT2D eigenvalue weighted by Gasteiger charge is 2.52. The Kier molecular flexibility index (Phi) is 6.81. The van der Waals surface area contributed by atoms with Crippen LogP contribution in [-0.2, 0) is 16.0 Å².